The largest absolute Gasteiger partial charge is 0.362 e. The smallest absolute Gasteiger partial charge is 0.242 e. The lowest BCUT2D eigenvalue weighted by molar-refractivity contribution is 0.334. The van der Waals surface area contributed by atoms with Crippen LogP contribution in [0.1, 0.15) is 39.3 Å². The first-order valence-corrected chi connectivity index (χ1v) is 12.1. The van der Waals surface area contributed by atoms with Gasteiger partial charge in [0.15, 0.2) is 0 Å². The standard InChI is InChI=1S/C23H28F2N4O2S/c1-15(2)29-14-18(5-4-16(3)17-6-7-17)21(12-26)23(29)22-9-8-20(13-27-22)32(30,31)28-19(10-24)11-25/h4-5,8-9,13,15,17,19,28H,6-7,10-11,14H2,1-3H3. The second kappa shape index (κ2) is 9.92. The molecule has 1 fully saturated rings. The average molecular weight is 463 g/mol. The van der Waals surface area contributed by atoms with Crippen molar-refractivity contribution in [3.8, 4) is 6.07 Å². The van der Waals surface area contributed by atoms with Crippen LogP contribution in [-0.4, -0.2) is 50.3 Å². The fraction of sp³-hybridized carbons (Fsp3) is 0.478. The zero-order chi connectivity index (χ0) is 23.5. The second-order valence-corrected chi connectivity index (χ2v) is 10.2. The zero-order valence-corrected chi connectivity index (χ0v) is 19.3. The highest BCUT2D eigenvalue weighted by molar-refractivity contribution is 7.89. The summed E-state index contributed by atoms with van der Waals surface area (Å²) in [6, 6.07) is 3.80. The van der Waals surface area contributed by atoms with Crippen molar-refractivity contribution in [1.29, 1.82) is 5.26 Å². The lowest BCUT2D eigenvalue weighted by Gasteiger charge is -2.26. The number of halogens is 2. The van der Waals surface area contributed by atoms with Crippen LogP contribution in [0.25, 0.3) is 5.70 Å². The minimum absolute atomic E-state index is 0.0921. The van der Waals surface area contributed by atoms with Crippen molar-refractivity contribution in [3.05, 3.63) is 52.9 Å². The Hall–Kier alpha value is -2.57. The predicted molar refractivity (Wildman–Crippen MR) is 119 cm³/mol. The molecule has 172 valence electrons. The molecule has 2 heterocycles. The first kappa shape index (κ1) is 24.1. The Morgan fingerprint density at radius 2 is 2.03 bits per heavy atom. The van der Waals surface area contributed by atoms with E-state index in [9.17, 15) is 22.5 Å². The summed E-state index contributed by atoms with van der Waals surface area (Å²) in [5.41, 5.74) is 3.82. The van der Waals surface area contributed by atoms with E-state index in [4.69, 9.17) is 0 Å². The van der Waals surface area contributed by atoms with E-state index in [1.54, 1.807) is 0 Å². The molecular weight excluding hydrogens is 434 g/mol. The van der Waals surface area contributed by atoms with Gasteiger partial charge in [0.1, 0.15) is 24.3 Å². The van der Waals surface area contributed by atoms with Gasteiger partial charge in [0.2, 0.25) is 10.0 Å². The molecule has 2 aliphatic rings. The van der Waals surface area contributed by atoms with Gasteiger partial charge in [-0.1, -0.05) is 17.7 Å². The molecule has 1 aromatic rings. The number of nitrogens with zero attached hydrogens (tertiary/aromatic N) is 3. The minimum Gasteiger partial charge on any atom is -0.362 e. The normalized spacial score (nSPS) is 18.9. The number of sulfonamides is 1. The van der Waals surface area contributed by atoms with Gasteiger partial charge in [-0.15, -0.1) is 0 Å². The van der Waals surface area contributed by atoms with E-state index in [1.165, 1.54) is 30.5 Å². The maximum Gasteiger partial charge on any atom is 0.242 e. The van der Waals surface area contributed by atoms with E-state index >= 15 is 0 Å². The molecule has 0 atom stereocenters. The fourth-order valence-corrected chi connectivity index (χ4v) is 4.73. The number of hydrogen-bond donors (Lipinski definition) is 1. The van der Waals surface area contributed by atoms with E-state index in [1.807, 2.05) is 24.6 Å². The maximum atomic E-state index is 12.7. The quantitative estimate of drug-likeness (QED) is 0.601. The van der Waals surface area contributed by atoms with Gasteiger partial charge >= 0.3 is 0 Å². The van der Waals surface area contributed by atoms with Crippen LogP contribution >= 0.6 is 0 Å². The highest BCUT2D eigenvalue weighted by Crippen LogP contribution is 2.38. The van der Waals surface area contributed by atoms with Gasteiger partial charge < -0.3 is 4.90 Å². The molecule has 1 aromatic heterocycles. The van der Waals surface area contributed by atoms with Gasteiger partial charge in [-0.25, -0.2) is 21.9 Å². The van der Waals surface area contributed by atoms with E-state index in [2.05, 4.69) is 29.0 Å². The second-order valence-electron chi connectivity index (χ2n) is 8.44. The molecule has 1 saturated carbocycles. The number of nitrogens with one attached hydrogen (secondary N) is 1. The molecule has 1 N–H and O–H groups in total. The lowest BCUT2D eigenvalue weighted by Crippen LogP contribution is -2.38. The molecule has 0 bridgehead atoms. The van der Waals surface area contributed by atoms with E-state index in [0.29, 0.717) is 29.4 Å². The van der Waals surface area contributed by atoms with Crippen LogP contribution in [-0.2, 0) is 10.0 Å². The Morgan fingerprint density at radius 3 is 2.53 bits per heavy atom. The predicted octanol–water partition coefficient (Wildman–Crippen LogP) is 3.91. The van der Waals surface area contributed by atoms with Crippen molar-refractivity contribution in [2.75, 3.05) is 19.9 Å². The van der Waals surface area contributed by atoms with Crippen molar-refractivity contribution < 1.29 is 17.2 Å². The van der Waals surface area contributed by atoms with E-state index in [0.717, 1.165) is 11.8 Å². The molecular formula is C23H28F2N4O2S. The van der Waals surface area contributed by atoms with Gasteiger partial charge in [-0.3, -0.25) is 4.98 Å². The summed E-state index contributed by atoms with van der Waals surface area (Å²) >= 11 is 0. The molecule has 1 aliphatic heterocycles. The lowest BCUT2D eigenvalue weighted by atomic mass is 10.1. The first-order chi connectivity index (χ1) is 15.2. The van der Waals surface area contributed by atoms with Crippen LogP contribution in [0.15, 0.2) is 52.1 Å². The van der Waals surface area contributed by atoms with Gasteiger partial charge in [-0.05, 0) is 57.2 Å². The maximum absolute atomic E-state index is 12.7. The summed E-state index contributed by atoms with van der Waals surface area (Å²) in [7, 11) is -4.11. The van der Waals surface area contributed by atoms with Gasteiger partial charge in [0, 0.05) is 18.8 Å². The number of nitriles is 1. The SMILES string of the molecule is CC(=CC=C1CN(C(C)C)C(c2ccc(S(=O)(=O)NC(CF)CF)cn2)=C1C#N)C1CC1. The number of allylic oxidation sites excluding steroid dienone is 3. The number of hydrogen-bond acceptors (Lipinski definition) is 5. The molecule has 9 heteroatoms. The molecule has 0 unspecified atom stereocenters. The summed E-state index contributed by atoms with van der Waals surface area (Å²) in [6.45, 7) is 4.40. The molecule has 3 rings (SSSR count). The number of alkyl halides is 2. The Labute approximate surface area is 188 Å². The summed E-state index contributed by atoms with van der Waals surface area (Å²) in [6.07, 6.45) is 7.63. The number of pyridine rings is 1. The molecule has 0 spiro atoms. The minimum atomic E-state index is -4.11. The molecule has 1 aliphatic carbocycles. The van der Waals surface area contributed by atoms with Crippen molar-refractivity contribution >= 4 is 15.7 Å². The Kier molecular flexibility index (Phi) is 7.47. The van der Waals surface area contributed by atoms with Crippen LogP contribution in [0, 0.1) is 17.2 Å². The van der Waals surface area contributed by atoms with Crippen molar-refractivity contribution in [1.82, 2.24) is 14.6 Å². The molecule has 0 radical (unpaired) electrons. The van der Waals surface area contributed by atoms with Gasteiger partial charge in [0.25, 0.3) is 0 Å². The van der Waals surface area contributed by atoms with Gasteiger partial charge in [0.05, 0.1) is 23.0 Å². The first-order valence-electron chi connectivity index (χ1n) is 10.6. The summed E-state index contributed by atoms with van der Waals surface area (Å²) in [5.74, 6) is 0.641. The molecule has 6 nitrogen and oxygen atoms in total. The molecule has 0 amide bonds. The van der Waals surface area contributed by atoms with Crippen molar-refractivity contribution in [2.24, 2.45) is 5.92 Å². The highest BCUT2D eigenvalue weighted by atomic mass is 32.2. The summed E-state index contributed by atoms with van der Waals surface area (Å²) in [4.78, 5) is 6.15. The molecule has 32 heavy (non-hydrogen) atoms. The third-order valence-corrected chi connectivity index (χ3v) is 7.18. The monoisotopic (exact) mass is 462 g/mol. The topological polar surface area (TPSA) is 86.1 Å². The fourth-order valence-electron chi connectivity index (χ4n) is 3.59. The average Bonchev–Trinajstić information content (AvgIpc) is 3.56. The van der Waals surface area contributed by atoms with Crippen LogP contribution < -0.4 is 4.72 Å². The van der Waals surface area contributed by atoms with Gasteiger partial charge in [-0.2, -0.15) is 5.26 Å². The Morgan fingerprint density at radius 1 is 1.34 bits per heavy atom. The summed E-state index contributed by atoms with van der Waals surface area (Å²) < 4.78 is 52.2. The van der Waals surface area contributed by atoms with Crippen molar-refractivity contribution in [2.45, 2.75) is 50.6 Å². The highest BCUT2D eigenvalue weighted by Gasteiger charge is 2.31. The van der Waals surface area contributed by atoms with Crippen LogP contribution in [0.2, 0.25) is 0 Å². The van der Waals surface area contributed by atoms with Crippen molar-refractivity contribution in [3.63, 3.8) is 0 Å². The third-order valence-electron chi connectivity index (χ3n) is 5.67. The Balaban J connectivity index is 1.96. The van der Waals surface area contributed by atoms with Crippen LogP contribution in [0.5, 0.6) is 0 Å². The van der Waals surface area contributed by atoms with Crippen LogP contribution in [0.4, 0.5) is 8.78 Å². The van der Waals surface area contributed by atoms with E-state index < -0.39 is 29.4 Å². The third kappa shape index (κ3) is 5.25. The molecule has 0 aromatic carbocycles. The zero-order valence-electron chi connectivity index (χ0n) is 18.5. The van der Waals surface area contributed by atoms with Crippen LogP contribution in [0.3, 0.4) is 0 Å². The number of aromatic nitrogens is 1. The Bertz CT molecular complexity index is 1080. The molecule has 0 saturated heterocycles. The summed E-state index contributed by atoms with van der Waals surface area (Å²) in [5, 5.41) is 9.89. The van der Waals surface area contributed by atoms with E-state index in [-0.39, 0.29) is 10.9 Å². The number of rotatable bonds is 9.